The van der Waals surface area contributed by atoms with E-state index in [1.807, 2.05) is 0 Å². The predicted molar refractivity (Wildman–Crippen MR) is 73.7 cm³/mol. The van der Waals surface area contributed by atoms with Gasteiger partial charge < -0.3 is 15.4 Å². The van der Waals surface area contributed by atoms with E-state index < -0.39 is 5.41 Å². The van der Waals surface area contributed by atoms with E-state index in [9.17, 15) is 9.59 Å². The van der Waals surface area contributed by atoms with E-state index in [2.05, 4.69) is 17.6 Å². The number of carbonyl (C=O) groups is 2. The molecule has 0 aromatic carbocycles. The van der Waals surface area contributed by atoms with Gasteiger partial charge in [0, 0.05) is 26.8 Å². The Morgan fingerprint density at radius 3 is 2.11 bits per heavy atom. The highest BCUT2D eigenvalue weighted by molar-refractivity contribution is 6.07. The van der Waals surface area contributed by atoms with Crippen LogP contribution in [-0.4, -0.2) is 38.6 Å². The summed E-state index contributed by atoms with van der Waals surface area (Å²) in [5, 5.41) is 5.70. The van der Waals surface area contributed by atoms with Crippen molar-refractivity contribution in [2.24, 2.45) is 5.41 Å². The molecule has 5 nitrogen and oxygen atoms in total. The van der Waals surface area contributed by atoms with Crippen molar-refractivity contribution in [2.45, 2.75) is 45.4 Å². The van der Waals surface area contributed by atoms with Crippen molar-refractivity contribution in [3.63, 3.8) is 0 Å². The average Bonchev–Trinajstić information content (AvgIpc) is 3.21. The summed E-state index contributed by atoms with van der Waals surface area (Å²) < 4.78 is 4.92. The first-order valence-corrected chi connectivity index (χ1v) is 7.23. The van der Waals surface area contributed by atoms with Crippen molar-refractivity contribution in [3.8, 4) is 0 Å². The number of hydrogen-bond donors (Lipinski definition) is 2. The van der Waals surface area contributed by atoms with Crippen LogP contribution in [0.5, 0.6) is 0 Å². The maximum atomic E-state index is 12.0. The maximum absolute atomic E-state index is 12.0. The zero-order valence-corrected chi connectivity index (χ0v) is 12.1. The summed E-state index contributed by atoms with van der Waals surface area (Å²) >= 11 is 0. The van der Waals surface area contributed by atoms with Crippen LogP contribution in [0.25, 0.3) is 0 Å². The number of nitrogens with one attached hydrogen (secondary N) is 2. The Bertz CT molecular complexity index is 275. The molecule has 5 heteroatoms. The minimum atomic E-state index is -0.778. The highest BCUT2D eigenvalue weighted by Gasteiger charge is 2.56. The van der Waals surface area contributed by atoms with Crippen molar-refractivity contribution in [2.75, 3.05) is 26.8 Å². The Labute approximate surface area is 115 Å². The highest BCUT2D eigenvalue weighted by atomic mass is 16.5. The molecular formula is C14H26N2O3. The summed E-state index contributed by atoms with van der Waals surface area (Å²) in [4.78, 5) is 24.0. The number of rotatable bonds is 10. The van der Waals surface area contributed by atoms with Crippen LogP contribution in [0.4, 0.5) is 0 Å². The van der Waals surface area contributed by atoms with E-state index in [1.165, 1.54) is 0 Å². The number of carbonyl (C=O) groups excluding carboxylic acids is 2. The molecule has 0 radical (unpaired) electrons. The molecule has 0 aliphatic heterocycles. The van der Waals surface area contributed by atoms with Crippen LogP contribution in [0.1, 0.15) is 45.4 Å². The van der Waals surface area contributed by atoms with Crippen LogP contribution in [-0.2, 0) is 14.3 Å². The van der Waals surface area contributed by atoms with Crippen LogP contribution in [0.15, 0.2) is 0 Å². The lowest BCUT2D eigenvalue weighted by atomic mass is 10.1. The fourth-order valence-corrected chi connectivity index (χ4v) is 2.02. The summed E-state index contributed by atoms with van der Waals surface area (Å²) in [5.41, 5.74) is -0.778. The lowest BCUT2D eigenvalue weighted by Gasteiger charge is -2.15. The molecule has 1 fully saturated rings. The van der Waals surface area contributed by atoms with Gasteiger partial charge in [0.2, 0.25) is 11.8 Å². The molecule has 110 valence electrons. The van der Waals surface area contributed by atoms with Gasteiger partial charge in [0.05, 0.1) is 0 Å². The first-order chi connectivity index (χ1) is 9.17. The predicted octanol–water partition coefficient (Wildman–Crippen LogP) is 1.23. The Kier molecular flexibility index (Phi) is 6.84. The number of methoxy groups -OCH3 is 1. The van der Waals surface area contributed by atoms with Gasteiger partial charge in [-0.2, -0.15) is 0 Å². The second kappa shape index (κ2) is 8.15. The van der Waals surface area contributed by atoms with E-state index in [0.29, 0.717) is 32.5 Å². The molecule has 0 unspecified atom stereocenters. The molecule has 0 bridgehead atoms. The molecule has 19 heavy (non-hydrogen) atoms. The smallest absolute Gasteiger partial charge is 0.235 e. The fourth-order valence-electron chi connectivity index (χ4n) is 2.02. The summed E-state index contributed by atoms with van der Waals surface area (Å²) in [7, 11) is 1.63. The van der Waals surface area contributed by atoms with Gasteiger partial charge in [-0.1, -0.05) is 19.8 Å². The molecular weight excluding hydrogens is 244 g/mol. The molecule has 0 saturated heterocycles. The lowest BCUT2D eigenvalue weighted by Crippen LogP contribution is -2.43. The van der Waals surface area contributed by atoms with Crippen molar-refractivity contribution >= 4 is 11.8 Å². The van der Waals surface area contributed by atoms with Gasteiger partial charge in [0.15, 0.2) is 0 Å². The Morgan fingerprint density at radius 2 is 1.63 bits per heavy atom. The van der Waals surface area contributed by atoms with Crippen molar-refractivity contribution in [1.29, 1.82) is 0 Å². The van der Waals surface area contributed by atoms with Crippen LogP contribution in [0.3, 0.4) is 0 Å². The second-order valence-corrected chi connectivity index (χ2v) is 5.15. The normalized spacial score (nSPS) is 15.9. The summed E-state index contributed by atoms with van der Waals surface area (Å²) in [6.07, 6.45) is 5.33. The molecule has 1 aliphatic rings. The largest absolute Gasteiger partial charge is 0.385 e. The van der Waals surface area contributed by atoms with Crippen molar-refractivity contribution in [1.82, 2.24) is 10.6 Å². The van der Waals surface area contributed by atoms with Gasteiger partial charge in [0.25, 0.3) is 0 Å². The third kappa shape index (κ3) is 4.82. The van der Waals surface area contributed by atoms with Crippen LogP contribution >= 0.6 is 0 Å². The van der Waals surface area contributed by atoms with Gasteiger partial charge in [-0.05, 0) is 25.7 Å². The summed E-state index contributed by atoms with van der Waals surface area (Å²) in [6, 6.07) is 0. The summed E-state index contributed by atoms with van der Waals surface area (Å²) in [6.45, 7) is 3.98. The molecule has 2 N–H and O–H groups in total. The molecule has 1 aliphatic carbocycles. The van der Waals surface area contributed by atoms with Gasteiger partial charge in [-0.25, -0.2) is 0 Å². The van der Waals surface area contributed by atoms with E-state index in [0.717, 1.165) is 25.7 Å². The van der Waals surface area contributed by atoms with Crippen LogP contribution < -0.4 is 10.6 Å². The summed E-state index contributed by atoms with van der Waals surface area (Å²) in [5.74, 6) is -0.232. The molecule has 0 atom stereocenters. The average molecular weight is 270 g/mol. The van der Waals surface area contributed by atoms with Gasteiger partial charge in [-0.15, -0.1) is 0 Å². The number of unbranched alkanes of at least 4 members (excludes halogenated alkanes) is 2. The van der Waals surface area contributed by atoms with E-state index >= 15 is 0 Å². The highest BCUT2D eigenvalue weighted by Crippen LogP contribution is 2.46. The minimum Gasteiger partial charge on any atom is -0.385 e. The van der Waals surface area contributed by atoms with Crippen LogP contribution in [0, 0.1) is 5.41 Å². The van der Waals surface area contributed by atoms with Crippen molar-refractivity contribution in [3.05, 3.63) is 0 Å². The Balaban J connectivity index is 2.26. The SMILES string of the molecule is CCCCCNC(=O)C1(C(=O)NCCCOC)CC1. The number of hydrogen-bond acceptors (Lipinski definition) is 3. The van der Waals surface area contributed by atoms with Gasteiger partial charge in [-0.3, -0.25) is 9.59 Å². The molecule has 0 heterocycles. The fraction of sp³-hybridized carbons (Fsp3) is 0.857. The van der Waals surface area contributed by atoms with E-state index in [-0.39, 0.29) is 11.8 Å². The first-order valence-electron chi connectivity index (χ1n) is 7.23. The molecule has 0 spiro atoms. The maximum Gasteiger partial charge on any atom is 0.235 e. The van der Waals surface area contributed by atoms with E-state index in [4.69, 9.17) is 4.74 Å². The monoisotopic (exact) mass is 270 g/mol. The molecule has 1 rings (SSSR count). The molecule has 0 aromatic heterocycles. The van der Waals surface area contributed by atoms with Crippen LogP contribution in [0.2, 0.25) is 0 Å². The molecule has 2 amide bonds. The third-order valence-corrected chi connectivity index (χ3v) is 3.50. The Hall–Kier alpha value is -1.10. The van der Waals surface area contributed by atoms with Gasteiger partial charge in [0.1, 0.15) is 5.41 Å². The molecule has 0 aromatic rings. The topological polar surface area (TPSA) is 67.4 Å². The zero-order valence-electron chi connectivity index (χ0n) is 12.1. The van der Waals surface area contributed by atoms with Gasteiger partial charge >= 0.3 is 0 Å². The first kappa shape index (κ1) is 16.0. The van der Waals surface area contributed by atoms with Crippen molar-refractivity contribution < 1.29 is 14.3 Å². The Morgan fingerprint density at radius 1 is 1.05 bits per heavy atom. The lowest BCUT2D eigenvalue weighted by molar-refractivity contribution is -0.137. The second-order valence-electron chi connectivity index (χ2n) is 5.15. The zero-order chi connectivity index (χ0) is 14.1. The third-order valence-electron chi connectivity index (χ3n) is 3.50. The molecule has 1 saturated carbocycles. The quantitative estimate of drug-likeness (QED) is 0.463. The van der Waals surface area contributed by atoms with E-state index in [1.54, 1.807) is 7.11 Å². The number of ether oxygens (including phenoxy) is 1. The number of amides is 2. The minimum absolute atomic E-state index is 0.104. The standard InChI is InChI=1S/C14H26N2O3/c1-3-4-5-9-15-12(17)14(7-8-14)13(18)16-10-6-11-19-2/h3-11H2,1-2H3,(H,15,17)(H,16,18).